The predicted octanol–water partition coefficient (Wildman–Crippen LogP) is 1.74. The zero-order chi connectivity index (χ0) is 11.5. The van der Waals surface area contributed by atoms with Gasteiger partial charge in [-0.05, 0) is 25.1 Å². The Balaban J connectivity index is 2.29. The number of nitrogens with one attached hydrogen (secondary N) is 1. The smallest absolute Gasteiger partial charge is 0.188 e. The summed E-state index contributed by atoms with van der Waals surface area (Å²) in [6, 6.07) is 5.31. The lowest BCUT2D eigenvalue weighted by atomic mass is 10.1. The number of Topliss-reactive ketones (excluding diaryl/α,β-unsaturated/α-hetero) is 1. The number of nitrogens with two attached hydrogens (primary N) is 1. The van der Waals surface area contributed by atoms with Gasteiger partial charge in [0.1, 0.15) is 6.33 Å². The van der Waals surface area contributed by atoms with E-state index < -0.39 is 0 Å². The van der Waals surface area contributed by atoms with Gasteiger partial charge in [-0.1, -0.05) is 11.8 Å². The first kappa shape index (κ1) is 10.7. The van der Waals surface area contributed by atoms with E-state index in [1.807, 2.05) is 6.07 Å². The molecule has 0 aliphatic rings. The van der Waals surface area contributed by atoms with Crippen LogP contribution in [0.1, 0.15) is 17.3 Å². The number of rotatable bonds is 3. The summed E-state index contributed by atoms with van der Waals surface area (Å²) >= 11 is 1.40. The Hall–Kier alpha value is -1.82. The number of ketones is 1. The van der Waals surface area contributed by atoms with Crippen molar-refractivity contribution < 1.29 is 4.79 Å². The van der Waals surface area contributed by atoms with Crippen molar-refractivity contribution in [2.75, 3.05) is 5.73 Å². The standard InChI is InChI=1S/C10H10N4OS/c1-6(15)8-4-7(2-3-9(8)11)16-10-12-5-13-14-10/h2-5H,11H2,1H3,(H,12,13,14). The number of aromatic nitrogens is 3. The van der Waals surface area contributed by atoms with Crippen molar-refractivity contribution in [2.24, 2.45) is 0 Å². The van der Waals surface area contributed by atoms with Crippen LogP contribution in [0.3, 0.4) is 0 Å². The Kier molecular flexibility index (Phi) is 2.91. The highest BCUT2D eigenvalue weighted by Crippen LogP contribution is 2.27. The number of nitrogens with zero attached hydrogens (tertiary/aromatic N) is 2. The second-order valence-corrected chi connectivity index (χ2v) is 4.26. The third-order valence-corrected chi connectivity index (χ3v) is 2.89. The highest BCUT2D eigenvalue weighted by atomic mass is 32.2. The molecule has 0 saturated carbocycles. The zero-order valence-corrected chi connectivity index (χ0v) is 9.41. The lowest BCUT2D eigenvalue weighted by Gasteiger charge is -2.04. The molecule has 1 heterocycles. The number of aromatic amines is 1. The molecular weight excluding hydrogens is 224 g/mol. The molecule has 3 N–H and O–H groups in total. The van der Waals surface area contributed by atoms with E-state index in [1.54, 1.807) is 12.1 Å². The molecule has 0 saturated heterocycles. The molecule has 82 valence electrons. The molecule has 6 heteroatoms. The van der Waals surface area contributed by atoms with Crippen molar-refractivity contribution in [1.82, 2.24) is 15.2 Å². The van der Waals surface area contributed by atoms with Crippen LogP contribution in [0.4, 0.5) is 5.69 Å². The number of hydrogen-bond acceptors (Lipinski definition) is 5. The van der Waals surface area contributed by atoms with Gasteiger partial charge in [0.15, 0.2) is 10.9 Å². The van der Waals surface area contributed by atoms with Crippen molar-refractivity contribution in [2.45, 2.75) is 17.0 Å². The second kappa shape index (κ2) is 4.36. The van der Waals surface area contributed by atoms with Gasteiger partial charge in [-0.25, -0.2) is 4.98 Å². The average Bonchev–Trinajstić information content (AvgIpc) is 2.73. The number of carbonyl (C=O) groups is 1. The average molecular weight is 234 g/mol. The molecule has 2 rings (SSSR count). The van der Waals surface area contributed by atoms with Gasteiger partial charge in [-0.3, -0.25) is 9.89 Å². The number of carbonyl (C=O) groups excluding carboxylic acids is 1. The van der Waals surface area contributed by atoms with Crippen LogP contribution in [0.5, 0.6) is 0 Å². The first-order valence-electron chi connectivity index (χ1n) is 4.60. The van der Waals surface area contributed by atoms with E-state index in [0.717, 1.165) is 4.90 Å². The van der Waals surface area contributed by atoms with Gasteiger partial charge in [0.2, 0.25) is 0 Å². The minimum atomic E-state index is -0.0440. The molecule has 5 nitrogen and oxygen atoms in total. The summed E-state index contributed by atoms with van der Waals surface area (Å²) < 4.78 is 0. The lowest BCUT2D eigenvalue weighted by Crippen LogP contribution is -1.99. The van der Waals surface area contributed by atoms with E-state index in [1.165, 1.54) is 25.0 Å². The molecule has 0 fully saturated rings. The van der Waals surface area contributed by atoms with E-state index in [2.05, 4.69) is 15.2 Å². The molecule has 1 aromatic carbocycles. The molecule has 0 aliphatic heterocycles. The summed E-state index contributed by atoms with van der Waals surface area (Å²) in [4.78, 5) is 16.2. The van der Waals surface area contributed by atoms with Crippen LogP contribution in [0.2, 0.25) is 0 Å². The summed E-state index contributed by atoms with van der Waals surface area (Å²) in [5, 5.41) is 7.16. The van der Waals surface area contributed by atoms with E-state index in [0.29, 0.717) is 16.4 Å². The first-order chi connectivity index (χ1) is 7.66. The Bertz CT molecular complexity index is 510. The van der Waals surface area contributed by atoms with Gasteiger partial charge in [-0.2, -0.15) is 5.10 Å². The molecule has 0 unspecified atom stereocenters. The fourth-order valence-electron chi connectivity index (χ4n) is 1.26. The summed E-state index contributed by atoms with van der Waals surface area (Å²) in [7, 11) is 0. The molecule has 16 heavy (non-hydrogen) atoms. The van der Waals surface area contributed by atoms with Crippen LogP contribution in [-0.4, -0.2) is 21.0 Å². The molecule has 0 spiro atoms. The Morgan fingerprint density at radius 1 is 1.50 bits per heavy atom. The first-order valence-corrected chi connectivity index (χ1v) is 5.42. The molecule has 0 bridgehead atoms. The van der Waals surface area contributed by atoms with Crippen molar-refractivity contribution in [1.29, 1.82) is 0 Å². The normalized spacial score (nSPS) is 10.3. The van der Waals surface area contributed by atoms with Gasteiger partial charge in [0.05, 0.1) is 0 Å². The molecule has 0 radical (unpaired) electrons. The molecule has 1 aromatic heterocycles. The minimum Gasteiger partial charge on any atom is -0.398 e. The number of anilines is 1. The molecule has 2 aromatic rings. The van der Waals surface area contributed by atoms with Crippen molar-refractivity contribution in [3.05, 3.63) is 30.1 Å². The summed E-state index contributed by atoms with van der Waals surface area (Å²) in [5.41, 5.74) is 6.72. The van der Waals surface area contributed by atoms with Crippen LogP contribution < -0.4 is 5.73 Å². The molecular formula is C10H10N4OS. The summed E-state index contributed by atoms with van der Waals surface area (Å²) in [6.45, 7) is 1.49. The van der Waals surface area contributed by atoms with Gasteiger partial charge < -0.3 is 5.73 Å². The molecule has 0 atom stereocenters. The van der Waals surface area contributed by atoms with Crippen molar-refractivity contribution in [3.63, 3.8) is 0 Å². The number of benzene rings is 1. The molecule has 0 aliphatic carbocycles. The van der Waals surface area contributed by atoms with Gasteiger partial charge >= 0.3 is 0 Å². The Labute approximate surface area is 96.5 Å². The highest BCUT2D eigenvalue weighted by Gasteiger charge is 2.07. The third-order valence-electron chi connectivity index (χ3n) is 2.01. The SMILES string of the molecule is CC(=O)c1cc(Sc2ncn[nH]2)ccc1N. The monoisotopic (exact) mass is 234 g/mol. The Morgan fingerprint density at radius 2 is 2.31 bits per heavy atom. The third kappa shape index (κ3) is 2.22. The van der Waals surface area contributed by atoms with E-state index in [4.69, 9.17) is 5.73 Å². The number of hydrogen-bond donors (Lipinski definition) is 2. The maximum atomic E-state index is 11.3. The van der Waals surface area contributed by atoms with Gasteiger partial charge in [-0.15, -0.1) is 0 Å². The minimum absolute atomic E-state index is 0.0440. The highest BCUT2D eigenvalue weighted by molar-refractivity contribution is 7.99. The lowest BCUT2D eigenvalue weighted by molar-refractivity contribution is 0.101. The van der Waals surface area contributed by atoms with Crippen LogP contribution in [0, 0.1) is 0 Å². The van der Waals surface area contributed by atoms with Crippen LogP contribution in [0.15, 0.2) is 34.6 Å². The summed E-state index contributed by atoms with van der Waals surface area (Å²) in [5.74, 6) is -0.0440. The quantitative estimate of drug-likeness (QED) is 0.624. The van der Waals surface area contributed by atoms with E-state index >= 15 is 0 Å². The van der Waals surface area contributed by atoms with Crippen molar-refractivity contribution >= 4 is 23.2 Å². The van der Waals surface area contributed by atoms with Crippen LogP contribution in [0.25, 0.3) is 0 Å². The number of H-pyrrole nitrogens is 1. The van der Waals surface area contributed by atoms with Crippen LogP contribution >= 0.6 is 11.8 Å². The largest absolute Gasteiger partial charge is 0.398 e. The topological polar surface area (TPSA) is 84.7 Å². The van der Waals surface area contributed by atoms with Gasteiger partial charge in [0.25, 0.3) is 0 Å². The van der Waals surface area contributed by atoms with Crippen LogP contribution in [-0.2, 0) is 0 Å². The maximum Gasteiger partial charge on any atom is 0.188 e. The van der Waals surface area contributed by atoms with Crippen molar-refractivity contribution in [3.8, 4) is 0 Å². The molecule has 0 amide bonds. The Morgan fingerprint density at radius 3 is 2.94 bits per heavy atom. The van der Waals surface area contributed by atoms with Gasteiger partial charge in [0, 0.05) is 16.1 Å². The van der Waals surface area contributed by atoms with E-state index in [9.17, 15) is 4.79 Å². The summed E-state index contributed by atoms with van der Waals surface area (Å²) in [6.07, 6.45) is 1.44. The number of nitrogen functional groups attached to an aromatic ring is 1. The predicted molar refractivity (Wildman–Crippen MR) is 61.4 cm³/mol. The maximum absolute atomic E-state index is 11.3. The second-order valence-electron chi connectivity index (χ2n) is 3.20. The fraction of sp³-hybridized carbons (Fsp3) is 0.100. The fourth-order valence-corrected chi connectivity index (χ4v) is 1.99. The zero-order valence-electron chi connectivity index (χ0n) is 8.60. The van der Waals surface area contributed by atoms with E-state index in [-0.39, 0.29) is 5.78 Å².